The third-order valence-electron chi connectivity index (χ3n) is 4.11. The van der Waals surface area contributed by atoms with E-state index in [-0.39, 0.29) is 23.2 Å². The van der Waals surface area contributed by atoms with Crippen LogP contribution in [0, 0.1) is 11.7 Å². The van der Waals surface area contributed by atoms with Gasteiger partial charge in [-0.1, -0.05) is 41.6 Å². The Morgan fingerprint density at radius 3 is 2.66 bits per heavy atom. The summed E-state index contributed by atoms with van der Waals surface area (Å²) >= 11 is 7.86. The van der Waals surface area contributed by atoms with E-state index in [0.717, 1.165) is 9.80 Å². The lowest BCUT2D eigenvalue weighted by Gasteiger charge is -2.16. The first kappa shape index (κ1) is 20.9. The van der Waals surface area contributed by atoms with E-state index in [0.29, 0.717) is 17.1 Å². The molecule has 0 saturated heterocycles. The number of rotatable bonds is 6. The average molecular weight is 430 g/mol. The van der Waals surface area contributed by atoms with Crippen LogP contribution in [0.1, 0.15) is 16.8 Å². The van der Waals surface area contributed by atoms with Gasteiger partial charge in [0.25, 0.3) is 0 Å². The maximum atomic E-state index is 13.0. The fourth-order valence-electron chi connectivity index (χ4n) is 2.66. The minimum atomic E-state index is -1.06. The lowest BCUT2D eigenvalue weighted by Crippen LogP contribution is -2.10. The van der Waals surface area contributed by atoms with E-state index >= 15 is 0 Å². The Labute approximate surface area is 176 Å². The van der Waals surface area contributed by atoms with E-state index in [2.05, 4.69) is 5.32 Å². The molecule has 0 aliphatic heterocycles. The van der Waals surface area contributed by atoms with Gasteiger partial charge in [0.2, 0.25) is 5.91 Å². The zero-order chi connectivity index (χ0) is 20.8. The second kappa shape index (κ2) is 9.58. The fraction of sp³-hybridized carbons (Fsp3) is 0.0909. The van der Waals surface area contributed by atoms with Gasteiger partial charge in [-0.05, 0) is 61.0 Å². The molecule has 4 nitrogen and oxygen atoms in total. The first-order valence-corrected chi connectivity index (χ1v) is 9.93. The number of benzene rings is 2. The standard InChI is InChI=1S/C22H17ClFNO3S/c23-20-13-19(29-18-9-6-16(24)7-10-18)8-4-14(20)5-11-21(26)25-17-3-1-2-15(12-17)22(27)28/h1-3,5-14H,4H2,(H,25,26)(H,27,28)/b11-5+. The maximum absolute atomic E-state index is 13.0. The molecule has 0 heterocycles. The molecule has 2 aromatic rings. The summed E-state index contributed by atoms with van der Waals surface area (Å²) in [6, 6.07) is 12.3. The van der Waals surface area contributed by atoms with Crippen molar-refractivity contribution in [2.24, 2.45) is 5.92 Å². The topological polar surface area (TPSA) is 66.4 Å². The van der Waals surface area contributed by atoms with E-state index in [1.165, 1.54) is 42.1 Å². The highest BCUT2D eigenvalue weighted by Gasteiger charge is 2.15. The summed E-state index contributed by atoms with van der Waals surface area (Å²) in [6.45, 7) is 0. The van der Waals surface area contributed by atoms with Crippen LogP contribution >= 0.6 is 23.4 Å². The van der Waals surface area contributed by atoms with E-state index in [4.69, 9.17) is 16.7 Å². The monoisotopic (exact) mass is 429 g/mol. The number of anilines is 1. The molecule has 2 aromatic carbocycles. The first-order valence-electron chi connectivity index (χ1n) is 8.74. The van der Waals surface area contributed by atoms with Gasteiger partial charge in [-0.3, -0.25) is 4.79 Å². The second-order valence-corrected chi connectivity index (χ2v) is 7.85. The lowest BCUT2D eigenvalue weighted by molar-refractivity contribution is -0.111. The summed E-state index contributed by atoms with van der Waals surface area (Å²) in [7, 11) is 0. The molecule has 29 heavy (non-hydrogen) atoms. The summed E-state index contributed by atoms with van der Waals surface area (Å²) in [5.41, 5.74) is 0.504. The Morgan fingerprint density at radius 2 is 1.97 bits per heavy atom. The molecule has 1 amide bonds. The van der Waals surface area contributed by atoms with Crippen LogP contribution in [0.3, 0.4) is 0 Å². The number of carbonyl (C=O) groups excluding carboxylic acids is 1. The number of allylic oxidation sites excluding steroid dienone is 4. The number of carboxylic acids is 1. The first-order chi connectivity index (χ1) is 13.9. The number of carbonyl (C=O) groups is 2. The third kappa shape index (κ3) is 6.07. The number of halogens is 2. The van der Waals surface area contributed by atoms with Gasteiger partial charge in [0, 0.05) is 26.4 Å². The lowest BCUT2D eigenvalue weighted by atomic mass is 10.00. The minimum absolute atomic E-state index is 0.0985. The van der Waals surface area contributed by atoms with E-state index in [1.807, 2.05) is 12.2 Å². The fourth-order valence-corrected chi connectivity index (χ4v) is 3.91. The molecule has 1 atom stereocenters. The van der Waals surface area contributed by atoms with E-state index in [1.54, 1.807) is 30.3 Å². The molecule has 0 aromatic heterocycles. The van der Waals surface area contributed by atoms with Gasteiger partial charge in [0.05, 0.1) is 5.56 Å². The summed E-state index contributed by atoms with van der Waals surface area (Å²) < 4.78 is 13.0. The van der Waals surface area contributed by atoms with Crippen LogP contribution in [-0.4, -0.2) is 17.0 Å². The zero-order valence-electron chi connectivity index (χ0n) is 15.1. The third-order valence-corrected chi connectivity index (χ3v) is 5.53. The number of aromatic carboxylic acids is 1. The molecule has 148 valence electrons. The summed E-state index contributed by atoms with van der Waals surface area (Å²) in [4.78, 5) is 25.0. The van der Waals surface area contributed by atoms with Gasteiger partial charge in [-0.15, -0.1) is 0 Å². The van der Waals surface area contributed by atoms with Gasteiger partial charge < -0.3 is 10.4 Å². The van der Waals surface area contributed by atoms with Gasteiger partial charge in [-0.2, -0.15) is 0 Å². The van der Waals surface area contributed by atoms with Crippen molar-refractivity contribution < 1.29 is 19.1 Å². The molecular weight excluding hydrogens is 413 g/mol. The van der Waals surface area contributed by atoms with Crippen molar-refractivity contribution in [3.8, 4) is 0 Å². The van der Waals surface area contributed by atoms with Crippen molar-refractivity contribution in [3.63, 3.8) is 0 Å². The normalized spacial score (nSPS) is 16.3. The summed E-state index contributed by atoms with van der Waals surface area (Å²) in [5, 5.41) is 12.2. The van der Waals surface area contributed by atoms with Crippen LogP contribution in [0.5, 0.6) is 0 Å². The Balaban J connectivity index is 1.57. The van der Waals surface area contributed by atoms with Crippen LogP contribution in [0.4, 0.5) is 10.1 Å². The van der Waals surface area contributed by atoms with Crippen molar-refractivity contribution >= 4 is 40.9 Å². The van der Waals surface area contributed by atoms with Crippen LogP contribution in [0.2, 0.25) is 0 Å². The molecule has 1 unspecified atom stereocenters. The van der Waals surface area contributed by atoms with Crippen LogP contribution < -0.4 is 5.32 Å². The van der Waals surface area contributed by atoms with Crippen molar-refractivity contribution in [3.05, 3.63) is 94.2 Å². The van der Waals surface area contributed by atoms with Crippen molar-refractivity contribution in [1.29, 1.82) is 0 Å². The minimum Gasteiger partial charge on any atom is -0.478 e. The number of amides is 1. The molecule has 3 rings (SSSR count). The van der Waals surface area contributed by atoms with Crippen LogP contribution in [-0.2, 0) is 4.79 Å². The zero-order valence-corrected chi connectivity index (χ0v) is 16.7. The Hall–Kier alpha value is -2.83. The highest BCUT2D eigenvalue weighted by molar-refractivity contribution is 8.03. The molecule has 0 saturated carbocycles. The molecule has 0 spiro atoms. The van der Waals surface area contributed by atoms with Crippen molar-refractivity contribution in [1.82, 2.24) is 0 Å². The Kier molecular flexibility index (Phi) is 6.90. The molecule has 0 bridgehead atoms. The quantitative estimate of drug-likeness (QED) is 0.566. The molecule has 2 N–H and O–H groups in total. The van der Waals surface area contributed by atoms with Gasteiger partial charge in [0.15, 0.2) is 0 Å². The van der Waals surface area contributed by atoms with Gasteiger partial charge >= 0.3 is 5.97 Å². The van der Waals surface area contributed by atoms with Crippen LogP contribution in [0.15, 0.2) is 87.7 Å². The predicted octanol–water partition coefficient (Wildman–Crippen LogP) is 5.84. The largest absolute Gasteiger partial charge is 0.478 e. The van der Waals surface area contributed by atoms with Crippen LogP contribution in [0.25, 0.3) is 0 Å². The second-order valence-electron chi connectivity index (χ2n) is 6.27. The smallest absolute Gasteiger partial charge is 0.335 e. The highest BCUT2D eigenvalue weighted by Crippen LogP contribution is 2.36. The van der Waals surface area contributed by atoms with E-state index in [9.17, 15) is 14.0 Å². The summed E-state index contributed by atoms with van der Waals surface area (Å²) in [5.74, 6) is -1.83. The summed E-state index contributed by atoms with van der Waals surface area (Å²) in [6.07, 6.45) is 7.59. The SMILES string of the molecule is O=C(/C=C/C1CC=C(Sc2ccc(F)cc2)C=C1Cl)Nc1cccc(C(=O)O)c1. The molecule has 1 aliphatic carbocycles. The molecule has 1 aliphatic rings. The average Bonchev–Trinajstić information content (AvgIpc) is 2.69. The van der Waals surface area contributed by atoms with Gasteiger partial charge in [-0.25, -0.2) is 9.18 Å². The highest BCUT2D eigenvalue weighted by atomic mass is 35.5. The molecular formula is C22H17ClFNO3S. The van der Waals surface area contributed by atoms with E-state index < -0.39 is 5.97 Å². The van der Waals surface area contributed by atoms with Crippen molar-refractivity contribution in [2.45, 2.75) is 11.3 Å². The van der Waals surface area contributed by atoms with Crippen molar-refractivity contribution in [2.75, 3.05) is 5.32 Å². The molecule has 7 heteroatoms. The number of carboxylic acid groups (broad SMARTS) is 1. The number of hydrogen-bond acceptors (Lipinski definition) is 3. The molecule has 0 radical (unpaired) electrons. The van der Waals surface area contributed by atoms with Gasteiger partial charge in [0.1, 0.15) is 5.82 Å². The number of thioether (sulfide) groups is 1. The Morgan fingerprint density at radius 1 is 1.21 bits per heavy atom. The number of nitrogens with one attached hydrogen (secondary N) is 1. The predicted molar refractivity (Wildman–Crippen MR) is 114 cm³/mol. The number of hydrogen-bond donors (Lipinski definition) is 2. The Bertz CT molecular complexity index is 1010. The maximum Gasteiger partial charge on any atom is 0.335 e. The molecule has 0 fully saturated rings.